The molecule has 0 radical (unpaired) electrons. The lowest BCUT2D eigenvalue weighted by Crippen LogP contribution is -2.24. The maximum atomic E-state index is 14.0. The van der Waals surface area contributed by atoms with Gasteiger partial charge >= 0.3 is 0 Å². The number of aliphatic hydroxyl groups excluding tert-OH is 1. The fraction of sp³-hybridized carbons (Fsp3) is 0.353. The second-order valence-electron chi connectivity index (χ2n) is 5.13. The van der Waals surface area contributed by atoms with E-state index in [0.29, 0.717) is 18.7 Å². The van der Waals surface area contributed by atoms with Crippen molar-refractivity contribution in [1.29, 1.82) is 0 Å². The van der Waals surface area contributed by atoms with E-state index in [4.69, 9.17) is 0 Å². The molecule has 0 saturated heterocycles. The van der Waals surface area contributed by atoms with Crippen LogP contribution in [-0.2, 0) is 6.54 Å². The number of pyridine rings is 1. The fourth-order valence-electron chi connectivity index (χ4n) is 2.47. The van der Waals surface area contributed by atoms with E-state index in [2.05, 4.69) is 4.98 Å². The van der Waals surface area contributed by atoms with Gasteiger partial charge in [0.25, 0.3) is 0 Å². The van der Waals surface area contributed by atoms with Gasteiger partial charge in [-0.1, -0.05) is 12.1 Å². The Morgan fingerprint density at radius 1 is 1.24 bits per heavy atom. The summed E-state index contributed by atoms with van der Waals surface area (Å²) in [6.07, 6.45) is -0.847. The third-order valence-corrected chi connectivity index (χ3v) is 3.47. The molecule has 3 nitrogen and oxygen atoms in total. The van der Waals surface area contributed by atoms with E-state index in [0.717, 1.165) is 17.1 Å². The van der Waals surface area contributed by atoms with Crippen molar-refractivity contribution in [1.82, 2.24) is 4.98 Å². The van der Waals surface area contributed by atoms with E-state index >= 15 is 0 Å². The molecule has 1 aromatic carbocycles. The molecule has 112 valence electrons. The lowest BCUT2D eigenvalue weighted by Gasteiger charge is -2.26. The molecule has 1 atom stereocenters. The van der Waals surface area contributed by atoms with Crippen molar-refractivity contribution < 1.29 is 9.50 Å². The van der Waals surface area contributed by atoms with E-state index in [9.17, 15) is 9.50 Å². The van der Waals surface area contributed by atoms with Gasteiger partial charge in [-0.15, -0.1) is 0 Å². The number of hydrogen-bond acceptors (Lipinski definition) is 3. The summed E-state index contributed by atoms with van der Waals surface area (Å²) in [5.74, 6) is -0.377. The van der Waals surface area contributed by atoms with Crippen LogP contribution in [0.3, 0.4) is 0 Å². The first-order valence-electron chi connectivity index (χ1n) is 7.17. The molecule has 0 aliphatic heterocycles. The SMILES string of the molecule is CCN(Cc1cccc(C)n1)c1cccc(F)c1[C@H](C)O. The predicted octanol–water partition coefficient (Wildman–Crippen LogP) is 3.61. The van der Waals surface area contributed by atoms with Gasteiger partial charge in [-0.2, -0.15) is 0 Å². The molecular formula is C17H21FN2O. The molecule has 4 heteroatoms. The lowest BCUT2D eigenvalue weighted by atomic mass is 10.1. The highest BCUT2D eigenvalue weighted by Crippen LogP contribution is 2.29. The van der Waals surface area contributed by atoms with E-state index in [1.807, 2.05) is 43.0 Å². The topological polar surface area (TPSA) is 36.4 Å². The van der Waals surface area contributed by atoms with Crippen molar-refractivity contribution in [3.05, 3.63) is 59.2 Å². The minimum absolute atomic E-state index is 0.340. The molecule has 1 N–H and O–H groups in total. The molecule has 2 aromatic rings. The van der Waals surface area contributed by atoms with Gasteiger partial charge in [0.1, 0.15) is 5.82 Å². The molecule has 0 amide bonds. The quantitative estimate of drug-likeness (QED) is 0.913. The number of aryl methyl sites for hydroxylation is 1. The highest BCUT2D eigenvalue weighted by molar-refractivity contribution is 5.55. The van der Waals surface area contributed by atoms with Gasteiger partial charge in [0.15, 0.2) is 0 Å². The van der Waals surface area contributed by atoms with Crippen LogP contribution < -0.4 is 4.90 Å². The van der Waals surface area contributed by atoms with Crippen molar-refractivity contribution >= 4 is 5.69 Å². The average molecular weight is 288 g/mol. The summed E-state index contributed by atoms with van der Waals surface area (Å²) in [6.45, 7) is 6.83. The second kappa shape index (κ2) is 6.68. The molecule has 2 rings (SSSR count). The van der Waals surface area contributed by atoms with Crippen LogP contribution in [-0.4, -0.2) is 16.6 Å². The van der Waals surface area contributed by atoms with E-state index in [1.165, 1.54) is 6.07 Å². The number of halogens is 1. The van der Waals surface area contributed by atoms with E-state index in [1.54, 1.807) is 13.0 Å². The normalized spacial score (nSPS) is 12.2. The first-order valence-corrected chi connectivity index (χ1v) is 7.17. The Morgan fingerprint density at radius 3 is 2.57 bits per heavy atom. The number of aliphatic hydroxyl groups is 1. The smallest absolute Gasteiger partial charge is 0.131 e. The van der Waals surface area contributed by atoms with Crippen molar-refractivity contribution in [2.45, 2.75) is 33.4 Å². The van der Waals surface area contributed by atoms with Crippen molar-refractivity contribution in [3.8, 4) is 0 Å². The zero-order valence-corrected chi connectivity index (χ0v) is 12.7. The maximum absolute atomic E-state index is 14.0. The summed E-state index contributed by atoms with van der Waals surface area (Å²) in [5.41, 5.74) is 2.94. The van der Waals surface area contributed by atoms with Gasteiger partial charge < -0.3 is 10.0 Å². The Bertz CT molecular complexity index is 613. The molecule has 1 aromatic heterocycles. The van der Waals surface area contributed by atoms with E-state index in [-0.39, 0.29) is 5.82 Å². The van der Waals surface area contributed by atoms with Gasteiger partial charge in [0, 0.05) is 23.5 Å². The van der Waals surface area contributed by atoms with Crippen LogP contribution in [0, 0.1) is 12.7 Å². The van der Waals surface area contributed by atoms with Crippen LogP contribution in [0.5, 0.6) is 0 Å². The van der Waals surface area contributed by atoms with Crippen molar-refractivity contribution in [2.75, 3.05) is 11.4 Å². The third-order valence-electron chi connectivity index (χ3n) is 3.47. The van der Waals surface area contributed by atoms with Gasteiger partial charge in [0.2, 0.25) is 0 Å². The molecule has 0 aliphatic rings. The largest absolute Gasteiger partial charge is 0.389 e. The minimum atomic E-state index is -0.847. The number of hydrogen-bond donors (Lipinski definition) is 1. The molecule has 0 fully saturated rings. The third kappa shape index (κ3) is 3.58. The summed E-state index contributed by atoms with van der Waals surface area (Å²) >= 11 is 0. The van der Waals surface area contributed by atoms with Crippen LogP contribution in [0.4, 0.5) is 10.1 Å². The van der Waals surface area contributed by atoms with E-state index < -0.39 is 6.10 Å². The van der Waals surface area contributed by atoms with Crippen LogP contribution in [0.1, 0.15) is 36.9 Å². The Balaban J connectivity index is 2.36. The fourth-order valence-corrected chi connectivity index (χ4v) is 2.47. The van der Waals surface area contributed by atoms with Gasteiger partial charge in [0.05, 0.1) is 18.3 Å². The zero-order chi connectivity index (χ0) is 15.4. The number of rotatable bonds is 5. The zero-order valence-electron chi connectivity index (χ0n) is 12.7. The first-order chi connectivity index (χ1) is 10.0. The van der Waals surface area contributed by atoms with Crippen LogP contribution in [0.2, 0.25) is 0 Å². The second-order valence-corrected chi connectivity index (χ2v) is 5.13. The summed E-state index contributed by atoms with van der Waals surface area (Å²) in [4.78, 5) is 6.51. The van der Waals surface area contributed by atoms with Crippen molar-refractivity contribution in [3.63, 3.8) is 0 Å². The molecular weight excluding hydrogens is 267 g/mol. The molecule has 0 saturated carbocycles. The summed E-state index contributed by atoms with van der Waals surface area (Å²) in [7, 11) is 0. The monoisotopic (exact) mass is 288 g/mol. The standard InChI is InChI=1S/C17H21FN2O/c1-4-20(11-14-8-5-7-12(2)19-14)16-10-6-9-15(18)17(16)13(3)21/h5-10,13,21H,4,11H2,1-3H3/t13-/m0/s1. The Morgan fingerprint density at radius 2 is 1.95 bits per heavy atom. The maximum Gasteiger partial charge on any atom is 0.131 e. The van der Waals surface area contributed by atoms with Crippen LogP contribution in [0.25, 0.3) is 0 Å². The Labute approximate surface area is 125 Å². The summed E-state index contributed by atoms with van der Waals surface area (Å²) in [5, 5.41) is 9.86. The first kappa shape index (κ1) is 15.4. The van der Waals surface area contributed by atoms with Gasteiger partial charge in [-0.05, 0) is 45.0 Å². The molecule has 0 bridgehead atoms. The minimum Gasteiger partial charge on any atom is -0.389 e. The number of anilines is 1. The van der Waals surface area contributed by atoms with Crippen LogP contribution in [0.15, 0.2) is 36.4 Å². The van der Waals surface area contributed by atoms with Crippen LogP contribution >= 0.6 is 0 Å². The molecule has 0 spiro atoms. The summed E-state index contributed by atoms with van der Waals surface area (Å²) < 4.78 is 14.0. The average Bonchev–Trinajstić information content (AvgIpc) is 2.44. The molecule has 21 heavy (non-hydrogen) atoms. The number of benzene rings is 1. The molecule has 1 heterocycles. The van der Waals surface area contributed by atoms with Crippen molar-refractivity contribution in [2.24, 2.45) is 0 Å². The van der Waals surface area contributed by atoms with Gasteiger partial charge in [-0.25, -0.2) is 4.39 Å². The molecule has 0 unspecified atom stereocenters. The highest BCUT2D eigenvalue weighted by atomic mass is 19.1. The predicted molar refractivity (Wildman–Crippen MR) is 82.7 cm³/mol. The molecule has 0 aliphatic carbocycles. The Kier molecular flexibility index (Phi) is 4.91. The summed E-state index contributed by atoms with van der Waals surface area (Å²) in [6, 6.07) is 10.8. The number of nitrogens with zero attached hydrogens (tertiary/aromatic N) is 2. The van der Waals surface area contributed by atoms with Gasteiger partial charge in [-0.3, -0.25) is 4.98 Å². The highest BCUT2D eigenvalue weighted by Gasteiger charge is 2.18. The number of aromatic nitrogens is 1. The lowest BCUT2D eigenvalue weighted by molar-refractivity contribution is 0.194. The Hall–Kier alpha value is -1.94.